The number of nitrogens with zero attached hydrogens (tertiary/aromatic N) is 1. The van der Waals surface area contributed by atoms with Crippen LogP contribution in [0.1, 0.15) is 29.9 Å². The molecule has 104 valence electrons. The average molecular weight is 300 g/mol. The topological polar surface area (TPSA) is 23.5 Å². The first-order chi connectivity index (χ1) is 8.99. The van der Waals surface area contributed by atoms with Gasteiger partial charge in [0.25, 0.3) is 0 Å². The van der Waals surface area contributed by atoms with Crippen LogP contribution in [0.5, 0.6) is 0 Å². The fraction of sp³-hybridized carbons (Fsp3) is 0.600. The summed E-state index contributed by atoms with van der Waals surface area (Å²) < 4.78 is 0. The van der Waals surface area contributed by atoms with Crippen molar-refractivity contribution in [2.75, 3.05) is 14.1 Å². The highest BCUT2D eigenvalue weighted by molar-refractivity contribution is 6.42. The Bertz CT molecular complexity index is 503. The number of rotatable bonds is 1. The predicted octanol–water partition coefficient (Wildman–Crippen LogP) is 3.33. The lowest BCUT2D eigenvalue weighted by molar-refractivity contribution is -0.00214. The molecule has 1 unspecified atom stereocenters. The smallest absolute Gasteiger partial charge is 0.0595 e. The first kappa shape index (κ1) is 13.7. The van der Waals surface area contributed by atoms with E-state index >= 15 is 0 Å². The molecule has 4 heteroatoms. The molecule has 0 spiro atoms. The summed E-state index contributed by atoms with van der Waals surface area (Å²) in [7, 11) is 4.20. The lowest BCUT2D eigenvalue weighted by Gasteiger charge is -2.49. The Balaban J connectivity index is 2.10. The minimum Gasteiger partial charge on any atom is -0.393 e. The summed E-state index contributed by atoms with van der Waals surface area (Å²) in [6.45, 7) is 0. The van der Waals surface area contributed by atoms with Gasteiger partial charge >= 0.3 is 0 Å². The van der Waals surface area contributed by atoms with Crippen molar-refractivity contribution in [2.24, 2.45) is 5.92 Å². The quantitative estimate of drug-likeness (QED) is 0.860. The molecular weight excluding hydrogens is 281 g/mol. The summed E-state index contributed by atoms with van der Waals surface area (Å²) in [5.74, 6) is 0.764. The summed E-state index contributed by atoms with van der Waals surface area (Å²) in [6, 6.07) is 4.42. The summed E-state index contributed by atoms with van der Waals surface area (Å²) in [5.41, 5.74) is 2.59. The van der Waals surface area contributed by atoms with Crippen molar-refractivity contribution < 1.29 is 5.11 Å². The van der Waals surface area contributed by atoms with Gasteiger partial charge in [-0.25, -0.2) is 0 Å². The Kier molecular flexibility index (Phi) is 3.55. The average Bonchev–Trinajstić information content (AvgIpc) is 2.35. The van der Waals surface area contributed by atoms with Crippen LogP contribution in [0.2, 0.25) is 10.0 Å². The normalized spacial score (nSPS) is 33.4. The van der Waals surface area contributed by atoms with Gasteiger partial charge in [-0.1, -0.05) is 23.2 Å². The van der Waals surface area contributed by atoms with Gasteiger partial charge < -0.3 is 10.0 Å². The molecule has 4 atom stereocenters. The first-order valence-electron chi connectivity index (χ1n) is 6.81. The van der Waals surface area contributed by atoms with Crippen molar-refractivity contribution in [2.45, 2.75) is 37.3 Å². The maximum atomic E-state index is 10.3. The molecule has 0 heterocycles. The Morgan fingerprint density at radius 1 is 1.16 bits per heavy atom. The zero-order valence-corrected chi connectivity index (χ0v) is 12.7. The van der Waals surface area contributed by atoms with Crippen LogP contribution in [0, 0.1) is 5.92 Å². The predicted molar refractivity (Wildman–Crippen MR) is 79.1 cm³/mol. The van der Waals surface area contributed by atoms with Gasteiger partial charge in [0.2, 0.25) is 0 Å². The van der Waals surface area contributed by atoms with E-state index < -0.39 is 0 Å². The highest BCUT2D eigenvalue weighted by atomic mass is 35.5. The zero-order chi connectivity index (χ0) is 13.7. The zero-order valence-electron chi connectivity index (χ0n) is 11.2. The standard InChI is InChI=1S/C15H19Cl2NO/c1-18(2)15-9-3-4-14(19)11(15)5-8-6-12(16)13(17)7-10(8)9/h6-7,9,11,14-15,19H,3-5H2,1-2H3/t9-,11-,14+,15?/m1/s1. The number of hydrogen-bond donors (Lipinski definition) is 1. The molecule has 19 heavy (non-hydrogen) atoms. The molecule has 0 aromatic heterocycles. The van der Waals surface area contributed by atoms with E-state index in [1.54, 1.807) is 0 Å². The van der Waals surface area contributed by atoms with Gasteiger partial charge in [0.15, 0.2) is 0 Å². The SMILES string of the molecule is CN(C)C1[C@@H]2CC[C@H](O)[C@H]1Cc1cc(Cl)c(Cl)cc12. The van der Waals surface area contributed by atoms with Crippen LogP contribution in [0.4, 0.5) is 0 Å². The largest absolute Gasteiger partial charge is 0.393 e. The van der Waals surface area contributed by atoms with Crippen LogP contribution in [0.3, 0.4) is 0 Å². The monoisotopic (exact) mass is 299 g/mol. The molecular formula is C15H19Cl2NO. The van der Waals surface area contributed by atoms with Crippen molar-refractivity contribution in [3.63, 3.8) is 0 Å². The molecule has 2 aliphatic rings. The van der Waals surface area contributed by atoms with Gasteiger partial charge in [0.1, 0.15) is 0 Å². The number of aliphatic hydroxyl groups excluding tert-OH is 1. The number of halogens is 2. The summed E-state index contributed by atoms with van der Waals surface area (Å²) in [6.07, 6.45) is 2.60. The van der Waals surface area contributed by atoms with E-state index in [1.165, 1.54) is 11.1 Å². The van der Waals surface area contributed by atoms with Crippen molar-refractivity contribution in [1.82, 2.24) is 4.90 Å². The molecule has 2 aliphatic carbocycles. The van der Waals surface area contributed by atoms with E-state index in [0.717, 1.165) is 19.3 Å². The molecule has 0 saturated heterocycles. The highest BCUT2D eigenvalue weighted by Gasteiger charge is 2.44. The van der Waals surface area contributed by atoms with Crippen molar-refractivity contribution in [3.8, 4) is 0 Å². The molecule has 0 amide bonds. The molecule has 1 aromatic carbocycles. The van der Waals surface area contributed by atoms with Gasteiger partial charge in [-0.3, -0.25) is 0 Å². The highest BCUT2D eigenvalue weighted by Crippen LogP contribution is 2.47. The summed E-state index contributed by atoms with van der Waals surface area (Å²) in [4.78, 5) is 2.25. The third-order valence-corrected chi connectivity index (χ3v) is 5.47. The van der Waals surface area contributed by atoms with Gasteiger partial charge in [-0.15, -0.1) is 0 Å². The van der Waals surface area contributed by atoms with Crippen LogP contribution < -0.4 is 0 Å². The molecule has 1 fully saturated rings. The number of likely N-dealkylation sites (N-methyl/N-ethyl adjacent to an activating group) is 1. The number of benzene rings is 1. The summed E-state index contributed by atoms with van der Waals surface area (Å²) >= 11 is 12.3. The number of fused-ring (bicyclic) bond motifs is 4. The lowest BCUT2D eigenvalue weighted by Crippen LogP contribution is -2.52. The van der Waals surface area contributed by atoms with Crippen LogP contribution in [-0.2, 0) is 6.42 Å². The third-order valence-electron chi connectivity index (χ3n) is 4.75. The second-order valence-electron chi connectivity index (χ2n) is 6.04. The Labute approximate surface area is 124 Å². The molecule has 2 bridgehead atoms. The van der Waals surface area contributed by atoms with Crippen LogP contribution in [0.25, 0.3) is 0 Å². The van der Waals surface area contributed by atoms with Gasteiger partial charge in [-0.05, 0) is 56.6 Å². The molecule has 1 N–H and O–H groups in total. The maximum Gasteiger partial charge on any atom is 0.0595 e. The van der Waals surface area contributed by atoms with Crippen molar-refractivity contribution in [3.05, 3.63) is 33.3 Å². The van der Waals surface area contributed by atoms with Crippen LogP contribution in [-0.4, -0.2) is 36.2 Å². The first-order valence-corrected chi connectivity index (χ1v) is 7.57. The Hall–Kier alpha value is -0.280. The minimum atomic E-state index is -0.203. The number of hydrogen-bond acceptors (Lipinski definition) is 2. The summed E-state index contributed by atoms with van der Waals surface area (Å²) in [5, 5.41) is 11.6. The van der Waals surface area contributed by atoms with Crippen LogP contribution in [0.15, 0.2) is 12.1 Å². The fourth-order valence-corrected chi connectivity index (χ4v) is 4.34. The lowest BCUT2D eigenvalue weighted by atomic mass is 9.64. The third kappa shape index (κ3) is 2.19. The Morgan fingerprint density at radius 3 is 2.53 bits per heavy atom. The van der Waals surface area contributed by atoms with Crippen molar-refractivity contribution in [1.29, 1.82) is 0 Å². The van der Waals surface area contributed by atoms with Gasteiger partial charge in [-0.2, -0.15) is 0 Å². The molecule has 2 nitrogen and oxygen atoms in total. The molecule has 3 rings (SSSR count). The van der Waals surface area contributed by atoms with E-state index in [9.17, 15) is 5.11 Å². The molecule has 0 radical (unpaired) electrons. The second kappa shape index (κ2) is 4.92. The number of aliphatic hydroxyl groups is 1. The minimum absolute atomic E-state index is 0.203. The maximum absolute atomic E-state index is 10.3. The molecule has 1 aromatic rings. The van der Waals surface area contributed by atoms with E-state index in [4.69, 9.17) is 23.2 Å². The van der Waals surface area contributed by atoms with E-state index in [0.29, 0.717) is 27.9 Å². The van der Waals surface area contributed by atoms with Crippen molar-refractivity contribution >= 4 is 23.2 Å². The molecule has 0 aliphatic heterocycles. The fourth-order valence-electron chi connectivity index (χ4n) is 3.98. The van der Waals surface area contributed by atoms with E-state index in [1.807, 2.05) is 12.1 Å². The molecule has 1 saturated carbocycles. The van der Waals surface area contributed by atoms with E-state index in [-0.39, 0.29) is 6.10 Å². The van der Waals surface area contributed by atoms with E-state index in [2.05, 4.69) is 19.0 Å². The Morgan fingerprint density at radius 2 is 1.84 bits per heavy atom. The second-order valence-corrected chi connectivity index (χ2v) is 6.85. The van der Waals surface area contributed by atoms with Crippen LogP contribution >= 0.6 is 23.2 Å². The van der Waals surface area contributed by atoms with Gasteiger partial charge in [0, 0.05) is 17.9 Å². The van der Waals surface area contributed by atoms with Gasteiger partial charge in [0.05, 0.1) is 16.1 Å².